The van der Waals surface area contributed by atoms with Crippen LogP contribution in [0.15, 0.2) is 54.2 Å². The van der Waals surface area contributed by atoms with Crippen molar-refractivity contribution in [2.45, 2.75) is 25.9 Å². The summed E-state index contributed by atoms with van der Waals surface area (Å²) in [5.41, 5.74) is 2.28. The number of hydrogen-bond donors (Lipinski definition) is 2. The van der Waals surface area contributed by atoms with Crippen molar-refractivity contribution in [3.8, 4) is 11.3 Å². The highest BCUT2D eigenvalue weighted by molar-refractivity contribution is 7.09. The zero-order valence-corrected chi connectivity index (χ0v) is 17.9. The molecule has 158 valence electrons. The number of nitrogens with zero attached hydrogens (tertiary/aromatic N) is 3. The molecule has 1 aliphatic rings. The highest BCUT2D eigenvalue weighted by atomic mass is 32.1. The van der Waals surface area contributed by atoms with Gasteiger partial charge in [0.2, 0.25) is 5.91 Å². The smallest absolute Gasteiger partial charge is 0.325 e. The monoisotopic (exact) mass is 435 g/mol. The van der Waals surface area contributed by atoms with Gasteiger partial charge in [0.15, 0.2) is 0 Å². The molecule has 0 saturated carbocycles. The van der Waals surface area contributed by atoms with Gasteiger partial charge in [0, 0.05) is 23.3 Å². The third kappa shape index (κ3) is 4.17. The number of thiazole rings is 1. The first-order valence-corrected chi connectivity index (χ1v) is 10.6. The second-order valence-electron chi connectivity index (χ2n) is 7.45. The summed E-state index contributed by atoms with van der Waals surface area (Å²) in [6.07, 6.45) is 3.39. The highest BCUT2D eigenvalue weighted by Crippen LogP contribution is 2.29. The summed E-state index contributed by atoms with van der Waals surface area (Å²) in [7, 11) is 0. The minimum atomic E-state index is -1.19. The fourth-order valence-corrected chi connectivity index (χ4v) is 4.09. The number of rotatable bonds is 6. The van der Waals surface area contributed by atoms with E-state index < -0.39 is 23.4 Å². The summed E-state index contributed by atoms with van der Waals surface area (Å²) in [5.74, 6) is -0.886. The predicted octanol–water partition coefficient (Wildman–Crippen LogP) is 2.60. The number of carbonyl (C=O) groups excluding carboxylic acids is 3. The number of amides is 4. The van der Waals surface area contributed by atoms with Crippen LogP contribution in [-0.2, 0) is 21.7 Å². The van der Waals surface area contributed by atoms with Crippen LogP contribution in [0.4, 0.5) is 4.79 Å². The molecule has 1 aromatic carbocycles. The number of aryl methyl sites for hydroxylation is 1. The summed E-state index contributed by atoms with van der Waals surface area (Å²) in [4.78, 5) is 47.2. The van der Waals surface area contributed by atoms with Crippen molar-refractivity contribution in [1.82, 2.24) is 25.5 Å². The fraction of sp³-hybridized carbons (Fsp3) is 0.227. The van der Waals surface area contributed by atoms with Crippen molar-refractivity contribution in [2.75, 3.05) is 6.54 Å². The molecule has 0 bridgehead atoms. The van der Waals surface area contributed by atoms with Crippen LogP contribution >= 0.6 is 11.3 Å². The molecule has 3 aromatic rings. The Morgan fingerprint density at radius 2 is 1.87 bits per heavy atom. The number of imide groups is 1. The summed E-state index contributed by atoms with van der Waals surface area (Å²) in [6.45, 7) is 3.45. The van der Waals surface area contributed by atoms with E-state index in [1.807, 2.05) is 36.6 Å². The van der Waals surface area contributed by atoms with Crippen LogP contribution in [0.25, 0.3) is 11.3 Å². The lowest BCUT2D eigenvalue weighted by molar-refractivity contribution is -0.134. The third-order valence-corrected chi connectivity index (χ3v) is 6.02. The molecule has 0 radical (unpaired) electrons. The molecule has 4 amide bonds. The topological polar surface area (TPSA) is 104 Å². The molecule has 1 unspecified atom stereocenters. The van der Waals surface area contributed by atoms with E-state index >= 15 is 0 Å². The van der Waals surface area contributed by atoms with Crippen LogP contribution in [0.2, 0.25) is 0 Å². The Bertz CT molecular complexity index is 1130. The first-order valence-electron chi connectivity index (χ1n) is 9.69. The molecule has 1 saturated heterocycles. The first kappa shape index (κ1) is 20.7. The lowest BCUT2D eigenvalue weighted by Gasteiger charge is -2.22. The number of urea groups is 1. The molecule has 0 spiro atoms. The van der Waals surface area contributed by atoms with Crippen LogP contribution in [0.3, 0.4) is 0 Å². The normalized spacial score (nSPS) is 18.2. The fourth-order valence-electron chi connectivity index (χ4n) is 3.34. The van der Waals surface area contributed by atoms with Crippen molar-refractivity contribution in [1.29, 1.82) is 0 Å². The molecule has 4 rings (SSSR count). The number of pyridine rings is 1. The van der Waals surface area contributed by atoms with E-state index in [2.05, 4.69) is 20.6 Å². The Kier molecular flexibility index (Phi) is 5.51. The van der Waals surface area contributed by atoms with E-state index in [0.29, 0.717) is 5.56 Å². The number of benzene rings is 1. The van der Waals surface area contributed by atoms with Crippen molar-refractivity contribution in [3.05, 3.63) is 70.3 Å². The van der Waals surface area contributed by atoms with Gasteiger partial charge < -0.3 is 10.6 Å². The maximum atomic E-state index is 12.9. The van der Waals surface area contributed by atoms with Crippen LogP contribution in [0.5, 0.6) is 0 Å². The van der Waals surface area contributed by atoms with Gasteiger partial charge in [-0.15, -0.1) is 11.3 Å². The average molecular weight is 436 g/mol. The zero-order valence-electron chi connectivity index (χ0n) is 17.1. The Hall–Kier alpha value is -3.59. The van der Waals surface area contributed by atoms with E-state index in [-0.39, 0.29) is 13.1 Å². The molecule has 31 heavy (non-hydrogen) atoms. The first-order chi connectivity index (χ1) is 14.9. The molecule has 3 heterocycles. The van der Waals surface area contributed by atoms with Crippen molar-refractivity contribution < 1.29 is 14.4 Å². The number of nitrogens with one attached hydrogen (secondary N) is 2. The van der Waals surface area contributed by atoms with E-state index in [1.54, 1.807) is 31.5 Å². The number of aromatic nitrogens is 2. The minimum Gasteiger partial charge on any atom is -0.348 e. The predicted molar refractivity (Wildman–Crippen MR) is 116 cm³/mol. The lowest BCUT2D eigenvalue weighted by Crippen LogP contribution is -2.43. The van der Waals surface area contributed by atoms with Gasteiger partial charge >= 0.3 is 6.03 Å². The standard InChI is InChI=1S/C22H21N5O3S/c1-14-3-5-16(6-4-14)22(2)20(29)27(21(30)26-22)12-18(28)24-11-19-25-17(13-31-19)15-7-9-23-10-8-15/h3-10,13H,11-12H2,1-2H3,(H,24,28)(H,26,30). The minimum absolute atomic E-state index is 0.216. The van der Waals surface area contributed by atoms with Gasteiger partial charge in [0.05, 0.1) is 12.2 Å². The summed E-state index contributed by atoms with van der Waals surface area (Å²) < 4.78 is 0. The molecule has 2 N–H and O–H groups in total. The summed E-state index contributed by atoms with van der Waals surface area (Å²) in [5, 5.41) is 8.07. The Morgan fingerprint density at radius 1 is 1.16 bits per heavy atom. The van der Waals surface area contributed by atoms with Gasteiger partial charge in [-0.25, -0.2) is 9.78 Å². The molecule has 1 atom stereocenters. The largest absolute Gasteiger partial charge is 0.348 e. The molecular formula is C22H21N5O3S. The van der Waals surface area contributed by atoms with E-state index in [9.17, 15) is 14.4 Å². The maximum absolute atomic E-state index is 12.9. The van der Waals surface area contributed by atoms with Crippen LogP contribution < -0.4 is 10.6 Å². The quantitative estimate of drug-likeness (QED) is 0.579. The average Bonchev–Trinajstić information content (AvgIpc) is 3.33. The number of hydrogen-bond acceptors (Lipinski definition) is 6. The summed E-state index contributed by atoms with van der Waals surface area (Å²) >= 11 is 1.42. The molecule has 1 aliphatic heterocycles. The molecular weight excluding hydrogens is 414 g/mol. The second kappa shape index (κ2) is 8.27. The van der Waals surface area contributed by atoms with Gasteiger partial charge in [-0.05, 0) is 31.5 Å². The SMILES string of the molecule is Cc1ccc(C2(C)NC(=O)N(CC(=O)NCc3nc(-c4ccncc4)cs3)C2=O)cc1. The van der Waals surface area contributed by atoms with Gasteiger partial charge in [0.25, 0.3) is 5.91 Å². The van der Waals surface area contributed by atoms with E-state index in [1.165, 1.54) is 11.3 Å². The molecule has 2 aromatic heterocycles. The van der Waals surface area contributed by atoms with Gasteiger partial charge in [-0.2, -0.15) is 0 Å². The van der Waals surface area contributed by atoms with Crippen molar-refractivity contribution in [2.24, 2.45) is 0 Å². The van der Waals surface area contributed by atoms with E-state index in [4.69, 9.17) is 0 Å². The van der Waals surface area contributed by atoms with Crippen molar-refractivity contribution in [3.63, 3.8) is 0 Å². The third-order valence-electron chi connectivity index (χ3n) is 5.17. The summed E-state index contributed by atoms with van der Waals surface area (Å²) in [6, 6.07) is 10.5. The van der Waals surface area contributed by atoms with Gasteiger partial charge in [-0.3, -0.25) is 19.5 Å². The molecule has 9 heteroatoms. The van der Waals surface area contributed by atoms with Crippen LogP contribution in [0, 0.1) is 6.92 Å². The van der Waals surface area contributed by atoms with Gasteiger partial charge in [0.1, 0.15) is 17.1 Å². The van der Waals surface area contributed by atoms with Crippen molar-refractivity contribution >= 4 is 29.2 Å². The Morgan fingerprint density at radius 3 is 2.58 bits per heavy atom. The highest BCUT2D eigenvalue weighted by Gasteiger charge is 2.49. The Balaban J connectivity index is 1.37. The number of carbonyl (C=O) groups is 3. The molecule has 8 nitrogen and oxygen atoms in total. The lowest BCUT2D eigenvalue weighted by atomic mass is 9.91. The van der Waals surface area contributed by atoms with Gasteiger partial charge in [-0.1, -0.05) is 29.8 Å². The molecule has 0 aliphatic carbocycles. The molecule has 1 fully saturated rings. The van der Waals surface area contributed by atoms with E-state index in [0.717, 1.165) is 26.7 Å². The van der Waals surface area contributed by atoms with Crippen LogP contribution in [-0.4, -0.2) is 39.3 Å². The Labute approximate surface area is 183 Å². The maximum Gasteiger partial charge on any atom is 0.325 e. The second-order valence-corrected chi connectivity index (χ2v) is 8.39. The zero-order chi connectivity index (χ0) is 22.0. The van der Waals surface area contributed by atoms with Crippen LogP contribution in [0.1, 0.15) is 23.1 Å².